The monoisotopic (exact) mass is 494 g/mol. The van der Waals surface area contributed by atoms with E-state index in [0.717, 1.165) is 44.4 Å². The standard InChI is InChI=1S/C17H34O2.C15H28O/c1-16(2,3)11-10-15(19)9-7-8-14(13-18)12-17(4,5)6;1-14(2,3)10-11-7-8-12(9-11)13(16)15(4,5)6/h14,18H,7-13H2,1-6H3;11-12H,7-10H2,1-6H3. The number of carbonyl (C=O) groups is 2. The van der Waals surface area contributed by atoms with Crippen LogP contribution < -0.4 is 0 Å². The van der Waals surface area contributed by atoms with Gasteiger partial charge in [-0.05, 0) is 79.4 Å². The van der Waals surface area contributed by atoms with Gasteiger partial charge in [0.2, 0.25) is 0 Å². The normalized spacial score (nSPS) is 20.3. The van der Waals surface area contributed by atoms with E-state index >= 15 is 0 Å². The van der Waals surface area contributed by atoms with Gasteiger partial charge in [0.15, 0.2) is 0 Å². The lowest BCUT2D eigenvalue weighted by molar-refractivity contribution is -0.130. The fraction of sp³-hybridized carbons (Fsp3) is 0.938. The molecular formula is C32H62O3. The minimum absolute atomic E-state index is 0.151. The molecule has 3 heteroatoms. The molecule has 0 bridgehead atoms. The molecule has 3 unspecified atom stereocenters. The second kappa shape index (κ2) is 14.3. The highest BCUT2D eigenvalue weighted by molar-refractivity contribution is 5.86. The summed E-state index contributed by atoms with van der Waals surface area (Å²) in [5, 5.41) is 9.38. The molecule has 35 heavy (non-hydrogen) atoms. The second-order valence-corrected chi connectivity index (χ2v) is 16.1. The number of hydrogen-bond acceptors (Lipinski definition) is 3. The molecule has 0 spiro atoms. The van der Waals surface area contributed by atoms with Crippen LogP contribution in [0, 0.1) is 39.4 Å². The Kier molecular flexibility index (Phi) is 14.0. The summed E-state index contributed by atoms with van der Waals surface area (Å²) in [5.74, 6) is 2.31. The Morgan fingerprint density at radius 2 is 1.37 bits per heavy atom. The van der Waals surface area contributed by atoms with Crippen molar-refractivity contribution in [3.63, 3.8) is 0 Å². The number of aliphatic hydroxyl groups is 1. The highest BCUT2D eigenvalue weighted by Crippen LogP contribution is 2.41. The van der Waals surface area contributed by atoms with E-state index in [9.17, 15) is 14.7 Å². The maximum Gasteiger partial charge on any atom is 0.141 e. The molecule has 0 aromatic heterocycles. The highest BCUT2D eigenvalue weighted by Gasteiger charge is 2.36. The lowest BCUT2D eigenvalue weighted by Crippen LogP contribution is -2.27. The molecule has 0 radical (unpaired) electrons. The lowest BCUT2D eigenvalue weighted by atomic mass is 9.80. The van der Waals surface area contributed by atoms with E-state index in [2.05, 4.69) is 62.3 Å². The van der Waals surface area contributed by atoms with Crippen LogP contribution in [0.1, 0.15) is 147 Å². The van der Waals surface area contributed by atoms with E-state index in [0.29, 0.717) is 41.7 Å². The van der Waals surface area contributed by atoms with Crippen molar-refractivity contribution in [1.29, 1.82) is 0 Å². The zero-order valence-electron chi connectivity index (χ0n) is 25.8. The Labute approximate surface area is 219 Å². The van der Waals surface area contributed by atoms with Gasteiger partial charge in [0, 0.05) is 30.8 Å². The van der Waals surface area contributed by atoms with Gasteiger partial charge in [-0.2, -0.15) is 0 Å². The third-order valence-electron chi connectivity index (χ3n) is 6.93. The SMILES string of the molecule is CC(C)(C)CC1CCC(C(=O)C(C)(C)C)C1.CC(C)(C)CCC(=O)CCCC(CO)CC(C)(C)C. The minimum atomic E-state index is -0.151. The number of hydrogen-bond donors (Lipinski definition) is 1. The summed E-state index contributed by atoms with van der Waals surface area (Å²) < 4.78 is 0. The maximum absolute atomic E-state index is 12.2. The van der Waals surface area contributed by atoms with E-state index in [1.165, 1.54) is 12.8 Å². The van der Waals surface area contributed by atoms with E-state index in [4.69, 9.17) is 0 Å². The van der Waals surface area contributed by atoms with Crippen LogP contribution in [0.2, 0.25) is 0 Å². The van der Waals surface area contributed by atoms with Crippen LogP contribution in [0.5, 0.6) is 0 Å². The van der Waals surface area contributed by atoms with Crippen molar-refractivity contribution in [2.24, 2.45) is 39.4 Å². The van der Waals surface area contributed by atoms with E-state index in [1.807, 2.05) is 20.8 Å². The Morgan fingerprint density at radius 3 is 1.80 bits per heavy atom. The van der Waals surface area contributed by atoms with Crippen LogP contribution >= 0.6 is 0 Å². The van der Waals surface area contributed by atoms with Crippen LogP contribution in [0.3, 0.4) is 0 Å². The van der Waals surface area contributed by atoms with Crippen LogP contribution in [-0.4, -0.2) is 23.3 Å². The molecule has 3 atom stereocenters. The van der Waals surface area contributed by atoms with Crippen molar-refractivity contribution in [3.8, 4) is 0 Å². The molecule has 0 heterocycles. The molecule has 208 valence electrons. The van der Waals surface area contributed by atoms with Crippen LogP contribution in [0.4, 0.5) is 0 Å². The average Bonchev–Trinajstić information content (AvgIpc) is 3.09. The molecule has 0 aromatic carbocycles. The van der Waals surface area contributed by atoms with Gasteiger partial charge < -0.3 is 5.11 Å². The quantitative estimate of drug-likeness (QED) is 0.329. The van der Waals surface area contributed by atoms with Crippen molar-refractivity contribution in [1.82, 2.24) is 0 Å². The first-order chi connectivity index (χ1) is 15.6. The summed E-state index contributed by atoms with van der Waals surface area (Å²) in [6.07, 6.45) is 10.0. The predicted octanol–water partition coefficient (Wildman–Crippen LogP) is 9.05. The summed E-state index contributed by atoms with van der Waals surface area (Å²) in [7, 11) is 0. The van der Waals surface area contributed by atoms with Gasteiger partial charge in [-0.15, -0.1) is 0 Å². The minimum Gasteiger partial charge on any atom is -0.396 e. The van der Waals surface area contributed by atoms with Crippen LogP contribution in [0.15, 0.2) is 0 Å². The Bertz CT molecular complexity index is 619. The third-order valence-corrected chi connectivity index (χ3v) is 6.93. The van der Waals surface area contributed by atoms with Crippen LogP contribution in [0.25, 0.3) is 0 Å². The van der Waals surface area contributed by atoms with Crippen molar-refractivity contribution >= 4 is 11.6 Å². The first kappa shape index (κ1) is 34.3. The predicted molar refractivity (Wildman–Crippen MR) is 152 cm³/mol. The second-order valence-electron chi connectivity index (χ2n) is 16.1. The van der Waals surface area contributed by atoms with E-state index < -0.39 is 0 Å². The molecule has 1 fully saturated rings. The zero-order chi connectivity index (χ0) is 27.7. The van der Waals surface area contributed by atoms with Gasteiger partial charge in [0.05, 0.1) is 0 Å². The first-order valence-electron chi connectivity index (χ1n) is 14.3. The smallest absolute Gasteiger partial charge is 0.141 e. The van der Waals surface area contributed by atoms with E-state index in [-0.39, 0.29) is 22.9 Å². The average molecular weight is 495 g/mol. The van der Waals surface area contributed by atoms with Crippen molar-refractivity contribution in [2.75, 3.05) is 6.61 Å². The maximum atomic E-state index is 12.2. The van der Waals surface area contributed by atoms with Crippen molar-refractivity contribution in [2.45, 2.75) is 147 Å². The molecule has 1 aliphatic rings. The molecule has 0 aliphatic heterocycles. The fourth-order valence-corrected chi connectivity index (χ4v) is 5.33. The molecule has 1 aliphatic carbocycles. The fourth-order valence-electron chi connectivity index (χ4n) is 5.33. The molecular weight excluding hydrogens is 432 g/mol. The largest absolute Gasteiger partial charge is 0.396 e. The molecule has 0 aromatic rings. The van der Waals surface area contributed by atoms with Crippen molar-refractivity contribution < 1.29 is 14.7 Å². The van der Waals surface area contributed by atoms with Crippen LogP contribution in [-0.2, 0) is 9.59 Å². The van der Waals surface area contributed by atoms with Gasteiger partial charge in [0.1, 0.15) is 11.6 Å². The molecule has 0 amide bonds. The summed E-state index contributed by atoms with van der Waals surface area (Å²) in [5.41, 5.74) is 0.755. The van der Waals surface area contributed by atoms with Gasteiger partial charge in [-0.3, -0.25) is 9.59 Å². The Balaban J connectivity index is 0.000000669. The topological polar surface area (TPSA) is 54.4 Å². The van der Waals surface area contributed by atoms with Gasteiger partial charge in [0.25, 0.3) is 0 Å². The van der Waals surface area contributed by atoms with Gasteiger partial charge in [-0.25, -0.2) is 0 Å². The molecule has 3 nitrogen and oxygen atoms in total. The Hall–Kier alpha value is -0.700. The number of ketones is 2. The number of rotatable bonds is 10. The van der Waals surface area contributed by atoms with Crippen molar-refractivity contribution in [3.05, 3.63) is 0 Å². The Morgan fingerprint density at radius 1 is 0.800 bits per heavy atom. The zero-order valence-corrected chi connectivity index (χ0v) is 25.8. The summed E-state index contributed by atoms with van der Waals surface area (Å²) in [4.78, 5) is 24.0. The number of aliphatic hydroxyl groups excluding tert-OH is 1. The number of Topliss-reactive ketones (excluding diaryl/α,β-unsaturated/α-hetero) is 2. The first-order valence-corrected chi connectivity index (χ1v) is 14.3. The lowest BCUT2D eigenvalue weighted by Gasteiger charge is -2.24. The summed E-state index contributed by atoms with van der Waals surface area (Å²) >= 11 is 0. The highest BCUT2D eigenvalue weighted by atomic mass is 16.3. The molecule has 0 saturated heterocycles. The summed E-state index contributed by atoms with van der Waals surface area (Å²) in [6, 6.07) is 0. The molecule has 1 saturated carbocycles. The number of carbonyl (C=O) groups excluding carboxylic acids is 2. The van der Waals surface area contributed by atoms with Gasteiger partial charge >= 0.3 is 0 Å². The van der Waals surface area contributed by atoms with E-state index in [1.54, 1.807) is 0 Å². The molecule has 1 N–H and O–H groups in total. The molecule has 1 rings (SSSR count). The third kappa shape index (κ3) is 18.2. The van der Waals surface area contributed by atoms with Gasteiger partial charge in [-0.1, -0.05) is 83.1 Å². The summed E-state index contributed by atoms with van der Waals surface area (Å²) in [6.45, 7) is 26.4.